The Balaban J connectivity index is 1.68. The van der Waals surface area contributed by atoms with Gasteiger partial charge in [0.25, 0.3) is 5.69 Å². The molecule has 0 saturated heterocycles. The third-order valence-corrected chi connectivity index (χ3v) is 4.92. The van der Waals surface area contributed by atoms with Crippen LogP contribution in [0.15, 0.2) is 79.0 Å². The number of benzene rings is 3. The van der Waals surface area contributed by atoms with Crippen molar-refractivity contribution in [3.05, 3.63) is 100 Å². The Morgan fingerprint density at radius 3 is 2.64 bits per heavy atom. The normalized spacial score (nSPS) is 11.1. The zero-order valence-corrected chi connectivity index (χ0v) is 17.8. The molecule has 4 aromatic rings. The molecule has 4 rings (SSSR count). The number of nitro groups is 1. The summed E-state index contributed by atoms with van der Waals surface area (Å²) in [4.78, 5) is 14.3. The highest BCUT2D eigenvalue weighted by molar-refractivity contribution is 6.01. The van der Waals surface area contributed by atoms with Crippen molar-refractivity contribution in [3.63, 3.8) is 0 Å². The molecular formula is C26H19N3O4. The van der Waals surface area contributed by atoms with E-state index in [2.05, 4.69) is 11.1 Å². The summed E-state index contributed by atoms with van der Waals surface area (Å²) in [7, 11) is 0. The Labute approximate surface area is 190 Å². The van der Waals surface area contributed by atoms with Gasteiger partial charge in [-0.05, 0) is 41.5 Å². The second-order valence-electron chi connectivity index (χ2n) is 7.05. The number of hydrogen-bond donors (Lipinski definition) is 0. The van der Waals surface area contributed by atoms with E-state index in [4.69, 9.17) is 9.47 Å². The second kappa shape index (κ2) is 9.62. The summed E-state index contributed by atoms with van der Waals surface area (Å²) in [5.74, 6) is 1.10. The van der Waals surface area contributed by atoms with Crippen molar-refractivity contribution in [1.29, 1.82) is 5.26 Å². The van der Waals surface area contributed by atoms with Gasteiger partial charge in [0.05, 0.1) is 23.2 Å². The predicted octanol–water partition coefficient (Wildman–Crippen LogP) is 6.40. The third kappa shape index (κ3) is 4.81. The molecule has 162 valence electrons. The van der Waals surface area contributed by atoms with Gasteiger partial charge in [-0.25, -0.2) is 4.98 Å². The quantitative estimate of drug-likeness (QED) is 0.144. The summed E-state index contributed by atoms with van der Waals surface area (Å²) in [6.45, 7) is 2.26. The van der Waals surface area contributed by atoms with E-state index < -0.39 is 4.92 Å². The number of nitriles is 1. The molecule has 0 atom stereocenters. The van der Waals surface area contributed by atoms with E-state index in [0.717, 1.165) is 28.1 Å². The van der Waals surface area contributed by atoms with Crippen LogP contribution in [0.2, 0.25) is 0 Å². The lowest BCUT2D eigenvalue weighted by molar-refractivity contribution is -0.385. The van der Waals surface area contributed by atoms with Gasteiger partial charge >= 0.3 is 0 Å². The molecule has 1 aromatic heterocycles. The lowest BCUT2D eigenvalue weighted by Crippen LogP contribution is -1.97. The van der Waals surface area contributed by atoms with Crippen LogP contribution in [0.3, 0.4) is 0 Å². The summed E-state index contributed by atoms with van der Waals surface area (Å²) in [6.07, 6.45) is 2.94. The minimum absolute atomic E-state index is 0.120. The predicted molar refractivity (Wildman–Crippen MR) is 126 cm³/mol. The smallest absolute Gasteiger partial charge is 0.287 e. The van der Waals surface area contributed by atoms with Crippen LogP contribution < -0.4 is 9.47 Å². The maximum Gasteiger partial charge on any atom is 0.287 e. The highest BCUT2D eigenvalue weighted by Crippen LogP contribution is 2.34. The summed E-state index contributed by atoms with van der Waals surface area (Å²) in [6, 6.07) is 24.2. The molecule has 0 fully saturated rings. The maximum absolute atomic E-state index is 10.8. The molecular weight excluding hydrogens is 418 g/mol. The van der Waals surface area contributed by atoms with Crippen LogP contribution >= 0.6 is 0 Å². The molecule has 0 saturated carbocycles. The van der Waals surface area contributed by atoms with Crippen LogP contribution in [0.4, 0.5) is 5.69 Å². The first kappa shape index (κ1) is 21.5. The van der Waals surface area contributed by atoms with Crippen molar-refractivity contribution in [3.8, 4) is 23.4 Å². The molecule has 33 heavy (non-hydrogen) atoms. The van der Waals surface area contributed by atoms with Crippen molar-refractivity contribution in [2.45, 2.75) is 6.92 Å². The van der Waals surface area contributed by atoms with Gasteiger partial charge in [0.15, 0.2) is 11.5 Å². The number of nitrogens with zero attached hydrogens (tertiary/aromatic N) is 3. The van der Waals surface area contributed by atoms with Crippen LogP contribution in [0.5, 0.6) is 17.4 Å². The van der Waals surface area contributed by atoms with Crippen LogP contribution in [0, 0.1) is 21.4 Å². The van der Waals surface area contributed by atoms with Gasteiger partial charge in [-0.2, -0.15) is 5.26 Å². The van der Waals surface area contributed by atoms with Gasteiger partial charge in [0.2, 0.25) is 5.88 Å². The van der Waals surface area contributed by atoms with Crippen LogP contribution in [-0.4, -0.2) is 16.5 Å². The maximum atomic E-state index is 10.8. The Morgan fingerprint density at radius 1 is 1.09 bits per heavy atom. The van der Waals surface area contributed by atoms with E-state index in [1.807, 2.05) is 55.5 Å². The van der Waals surface area contributed by atoms with Crippen LogP contribution in [0.1, 0.15) is 18.1 Å². The number of rotatable bonds is 7. The van der Waals surface area contributed by atoms with Gasteiger partial charge in [0.1, 0.15) is 6.20 Å². The topological polar surface area (TPSA) is 98.3 Å². The average Bonchev–Trinajstić information content (AvgIpc) is 2.84. The van der Waals surface area contributed by atoms with Crippen molar-refractivity contribution in [2.75, 3.05) is 6.61 Å². The molecule has 1 heterocycles. The second-order valence-corrected chi connectivity index (χ2v) is 7.05. The first-order valence-electron chi connectivity index (χ1n) is 10.2. The summed E-state index contributed by atoms with van der Waals surface area (Å²) < 4.78 is 11.5. The zero-order chi connectivity index (χ0) is 23.2. The Kier molecular flexibility index (Phi) is 6.28. The van der Waals surface area contributed by atoms with E-state index in [1.54, 1.807) is 18.2 Å². The van der Waals surface area contributed by atoms with Gasteiger partial charge in [-0.1, -0.05) is 48.5 Å². The zero-order valence-electron chi connectivity index (χ0n) is 17.8. The fraction of sp³-hybridized carbons (Fsp3) is 0.0769. The number of allylic oxidation sites excluding steroid dienone is 1. The Hall–Kier alpha value is -4.70. The number of hydrogen-bond acceptors (Lipinski definition) is 6. The van der Waals surface area contributed by atoms with Crippen LogP contribution in [0.25, 0.3) is 22.4 Å². The van der Waals surface area contributed by atoms with Gasteiger partial charge < -0.3 is 9.47 Å². The molecule has 0 radical (unpaired) electrons. The van der Waals surface area contributed by atoms with E-state index in [0.29, 0.717) is 23.7 Å². The van der Waals surface area contributed by atoms with E-state index in [-0.39, 0.29) is 11.6 Å². The van der Waals surface area contributed by atoms with E-state index >= 15 is 0 Å². The molecule has 0 amide bonds. The monoisotopic (exact) mass is 437 g/mol. The summed E-state index contributed by atoms with van der Waals surface area (Å²) >= 11 is 0. The molecule has 3 aromatic carbocycles. The summed E-state index contributed by atoms with van der Waals surface area (Å²) in [5.41, 5.74) is 2.03. The fourth-order valence-electron chi connectivity index (χ4n) is 3.42. The highest BCUT2D eigenvalue weighted by Gasteiger charge is 2.12. The lowest BCUT2D eigenvalue weighted by atomic mass is 9.97. The molecule has 7 heteroatoms. The van der Waals surface area contributed by atoms with Crippen molar-refractivity contribution in [1.82, 2.24) is 4.98 Å². The standard InChI is InChI=1S/C26H19N3O4/c1-2-32-25-15-18(10-12-24(25)33-26-13-11-21(17-28-26)29(30)31)14-20(16-27)23-9-5-7-19-6-3-4-8-22(19)23/h3-15,17H,2H2,1H3/b20-14+. The first-order chi connectivity index (χ1) is 16.1. The highest BCUT2D eigenvalue weighted by atomic mass is 16.6. The Bertz CT molecular complexity index is 1380. The minimum Gasteiger partial charge on any atom is -0.490 e. The molecule has 0 bridgehead atoms. The molecule has 0 aliphatic carbocycles. The van der Waals surface area contributed by atoms with E-state index in [1.165, 1.54) is 12.1 Å². The molecule has 0 unspecified atom stereocenters. The number of fused-ring (bicyclic) bond motifs is 1. The SMILES string of the molecule is CCOc1cc(/C=C(\C#N)c2cccc3ccccc23)ccc1Oc1ccc([N+](=O)[O-])cn1. The molecule has 0 N–H and O–H groups in total. The van der Waals surface area contributed by atoms with Crippen LogP contribution in [-0.2, 0) is 0 Å². The lowest BCUT2D eigenvalue weighted by Gasteiger charge is -2.12. The largest absolute Gasteiger partial charge is 0.490 e. The van der Waals surface area contributed by atoms with Gasteiger partial charge in [0, 0.05) is 17.7 Å². The van der Waals surface area contributed by atoms with E-state index in [9.17, 15) is 15.4 Å². The summed E-state index contributed by atoms with van der Waals surface area (Å²) in [5, 5.41) is 22.7. The third-order valence-electron chi connectivity index (χ3n) is 4.92. The number of aromatic nitrogens is 1. The molecule has 0 aliphatic rings. The Morgan fingerprint density at radius 2 is 1.91 bits per heavy atom. The average molecular weight is 437 g/mol. The number of ether oxygens (including phenoxy) is 2. The van der Waals surface area contributed by atoms with Crippen molar-refractivity contribution < 1.29 is 14.4 Å². The first-order valence-corrected chi connectivity index (χ1v) is 10.2. The van der Waals surface area contributed by atoms with Crippen molar-refractivity contribution in [2.24, 2.45) is 0 Å². The minimum atomic E-state index is -0.522. The fourth-order valence-corrected chi connectivity index (χ4v) is 3.42. The molecule has 0 spiro atoms. The molecule has 0 aliphatic heterocycles. The van der Waals surface area contributed by atoms with Gasteiger partial charge in [-0.3, -0.25) is 10.1 Å². The van der Waals surface area contributed by atoms with Gasteiger partial charge in [-0.15, -0.1) is 0 Å². The number of pyridine rings is 1. The van der Waals surface area contributed by atoms with Crippen molar-refractivity contribution >= 4 is 28.1 Å². The molecule has 7 nitrogen and oxygen atoms in total.